The Bertz CT molecular complexity index is 391. The molecular formula is C14H18BrNO2. The van der Waals surface area contributed by atoms with Crippen LogP contribution in [0.4, 0.5) is 0 Å². The molecule has 0 bridgehead atoms. The zero-order chi connectivity index (χ0) is 12.8. The molecule has 0 radical (unpaired) electrons. The van der Waals surface area contributed by atoms with Crippen molar-refractivity contribution < 1.29 is 9.53 Å². The molecule has 4 heteroatoms. The largest absolute Gasteiger partial charge is 0.492 e. The summed E-state index contributed by atoms with van der Waals surface area (Å²) < 4.78 is 6.68. The standard InChI is InChI=1S/C14H18BrNO2/c15-12-5-7-13(8-6-12)18-11-10-16-9-3-1-2-4-14(16)17/h5-8H,1-4,9-11H2. The Labute approximate surface area is 116 Å². The summed E-state index contributed by atoms with van der Waals surface area (Å²) in [6.45, 7) is 2.13. The summed E-state index contributed by atoms with van der Waals surface area (Å²) in [7, 11) is 0. The van der Waals surface area contributed by atoms with Gasteiger partial charge in [0.15, 0.2) is 0 Å². The molecule has 0 aromatic heterocycles. The van der Waals surface area contributed by atoms with E-state index in [9.17, 15) is 4.79 Å². The van der Waals surface area contributed by atoms with Crippen molar-refractivity contribution in [3.05, 3.63) is 28.7 Å². The van der Waals surface area contributed by atoms with E-state index in [0.717, 1.165) is 36.0 Å². The van der Waals surface area contributed by atoms with Crippen LogP contribution in [0.2, 0.25) is 0 Å². The Kier molecular flexibility index (Phi) is 5.05. The topological polar surface area (TPSA) is 29.5 Å². The smallest absolute Gasteiger partial charge is 0.222 e. The lowest BCUT2D eigenvalue weighted by Crippen LogP contribution is -2.34. The third-order valence-corrected chi connectivity index (χ3v) is 3.64. The van der Waals surface area contributed by atoms with E-state index >= 15 is 0 Å². The van der Waals surface area contributed by atoms with Crippen LogP contribution in [0.1, 0.15) is 25.7 Å². The van der Waals surface area contributed by atoms with Crippen molar-refractivity contribution in [3.8, 4) is 5.75 Å². The molecule has 1 aliphatic rings. The number of halogens is 1. The van der Waals surface area contributed by atoms with Crippen molar-refractivity contribution in [3.63, 3.8) is 0 Å². The van der Waals surface area contributed by atoms with Crippen molar-refractivity contribution in [2.75, 3.05) is 19.7 Å². The molecule has 1 amide bonds. The van der Waals surface area contributed by atoms with Crippen molar-refractivity contribution in [2.24, 2.45) is 0 Å². The lowest BCUT2D eigenvalue weighted by Gasteiger charge is -2.20. The van der Waals surface area contributed by atoms with E-state index in [1.165, 1.54) is 0 Å². The number of benzene rings is 1. The van der Waals surface area contributed by atoms with E-state index in [-0.39, 0.29) is 5.91 Å². The molecule has 0 unspecified atom stereocenters. The minimum atomic E-state index is 0.270. The highest BCUT2D eigenvalue weighted by Crippen LogP contribution is 2.16. The summed E-state index contributed by atoms with van der Waals surface area (Å²) in [5.41, 5.74) is 0. The van der Waals surface area contributed by atoms with Crippen molar-refractivity contribution in [2.45, 2.75) is 25.7 Å². The summed E-state index contributed by atoms with van der Waals surface area (Å²) in [5.74, 6) is 1.12. The van der Waals surface area contributed by atoms with Crippen LogP contribution in [-0.4, -0.2) is 30.5 Å². The molecule has 1 aromatic rings. The van der Waals surface area contributed by atoms with Crippen molar-refractivity contribution in [1.29, 1.82) is 0 Å². The molecular weight excluding hydrogens is 294 g/mol. The molecule has 0 N–H and O–H groups in total. The van der Waals surface area contributed by atoms with Crippen LogP contribution < -0.4 is 4.74 Å². The number of carbonyl (C=O) groups is 1. The SMILES string of the molecule is O=C1CCCCCN1CCOc1ccc(Br)cc1. The maximum Gasteiger partial charge on any atom is 0.222 e. The zero-order valence-electron chi connectivity index (χ0n) is 10.4. The Hall–Kier alpha value is -1.03. The van der Waals surface area contributed by atoms with Crippen LogP contribution in [0.25, 0.3) is 0 Å². The van der Waals surface area contributed by atoms with Gasteiger partial charge in [0.2, 0.25) is 5.91 Å². The maximum atomic E-state index is 11.8. The quantitative estimate of drug-likeness (QED) is 0.854. The van der Waals surface area contributed by atoms with Crippen LogP contribution in [0, 0.1) is 0 Å². The average molecular weight is 312 g/mol. The molecule has 0 saturated carbocycles. The van der Waals surface area contributed by atoms with E-state index < -0.39 is 0 Å². The van der Waals surface area contributed by atoms with Gasteiger partial charge in [0.25, 0.3) is 0 Å². The number of carbonyl (C=O) groups excluding carboxylic acids is 1. The van der Waals surface area contributed by atoms with Gasteiger partial charge in [-0.2, -0.15) is 0 Å². The molecule has 18 heavy (non-hydrogen) atoms. The van der Waals surface area contributed by atoms with Gasteiger partial charge >= 0.3 is 0 Å². The number of amides is 1. The molecule has 0 spiro atoms. The van der Waals surface area contributed by atoms with Crippen LogP contribution in [0.5, 0.6) is 5.75 Å². The molecule has 1 aliphatic heterocycles. The summed E-state index contributed by atoms with van der Waals surface area (Å²) in [5, 5.41) is 0. The summed E-state index contributed by atoms with van der Waals surface area (Å²) in [6, 6.07) is 7.75. The summed E-state index contributed by atoms with van der Waals surface area (Å²) in [6.07, 6.45) is 4.00. The van der Waals surface area contributed by atoms with Gasteiger partial charge in [-0.1, -0.05) is 22.4 Å². The molecule has 3 nitrogen and oxygen atoms in total. The maximum absolute atomic E-state index is 11.8. The third-order valence-electron chi connectivity index (χ3n) is 3.11. The summed E-state index contributed by atoms with van der Waals surface area (Å²) >= 11 is 3.38. The van der Waals surface area contributed by atoms with Gasteiger partial charge in [0, 0.05) is 17.4 Å². The third kappa shape index (κ3) is 4.02. The first kappa shape index (κ1) is 13.4. The highest BCUT2D eigenvalue weighted by molar-refractivity contribution is 9.10. The first-order valence-corrected chi connectivity index (χ1v) is 7.21. The molecule has 1 aromatic carbocycles. The number of ether oxygens (including phenoxy) is 1. The zero-order valence-corrected chi connectivity index (χ0v) is 12.0. The van der Waals surface area contributed by atoms with E-state index in [2.05, 4.69) is 15.9 Å². The fourth-order valence-electron chi connectivity index (χ4n) is 2.08. The highest BCUT2D eigenvalue weighted by Gasteiger charge is 2.15. The second-order valence-electron chi connectivity index (χ2n) is 4.49. The molecule has 1 heterocycles. The molecule has 0 atom stereocenters. The van der Waals surface area contributed by atoms with Gasteiger partial charge in [-0.15, -0.1) is 0 Å². The minimum Gasteiger partial charge on any atom is -0.492 e. The van der Waals surface area contributed by atoms with Crippen molar-refractivity contribution >= 4 is 21.8 Å². The lowest BCUT2D eigenvalue weighted by atomic mass is 10.2. The Balaban J connectivity index is 1.77. The molecule has 2 rings (SSSR count). The van der Waals surface area contributed by atoms with Gasteiger partial charge in [0.05, 0.1) is 6.54 Å². The number of hydrogen-bond acceptors (Lipinski definition) is 2. The van der Waals surface area contributed by atoms with Crippen LogP contribution in [0.3, 0.4) is 0 Å². The second kappa shape index (κ2) is 6.78. The Morgan fingerprint density at radius 2 is 1.94 bits per heavy atom. The molecule has 1 fully saturated rings. The van der Waals surface area contributed by atoms with Crippen LogP contribution in [0.15, 0.2) is 28.7 Å². The second-order valence-corrected chi connectivity index (χ2v) is 5.41. The fourth-order valence-corrected chi connectivity index (χ4v) is 2.34. The number of nitrogens with zero attached hydrogens (tertiary/aromatic N) is 1. The monoisotopic (exact) mass is 311 g/mol. The average Bonchev–Trinajstić information content (AvgIpc) is 2.57. The van der Waals surface area contributed by atoms with Gasteiger partial charge in [0.1, 0.15) is 12.4 Å². The van der Waals surface area contributed by atoms with Gasteiger partial charge in [-0.3, -0.25) is 4.79 Å². The Morgan fingerprint density at radius 1 is 1.17 bits per heavy atom. The summed E-state index contributed by atoms with van der Waals surface area (Å²) in [4.78, 5) is 13.7. The van der Waals surface area contributed by atoms with E-state index in [4.69, 9.17) is 4.74 Å². The Morgan fingerprint density at radius 3 is 2.72 bits per heavy atom. The highest BCUT2D eigenvalue weighted by atomic mass is 79.9. The van der Waals surface area contributed by atoms with Gasteiger partial charge in [-0.05, 0) is 37.1 Å². The normalized spacial score (nSPS) is 16.5. The van der Waals surface area contributed by atoms with E-state index in [1.54, 1.807) is 0 Å². The molecule has 1 saturated heterocycles. The van der Waals surface area contributed by atoms with Crippen LogP contribution >= 0.6 is 15.9 Å². The first-order chi connectivity index (χ1) is 8.75. The lowest BCUT2D eigenvalue weighted by molar-refractivity contribution is -0.131. The number of hydrogen-bond donors (Lipinski definition) is 0. The fraction of sp³-hybridized carbons (Fsp3) is 0.500. The van der Waals surface area contributed by atoms with E-state index in [0.29, 0.717) is 19.6 Å². The predicted octanol–water partition coefficient (Wildman–Crippen LogP) is 3.23. The van der Waals surface area contributed by atoms with Crippen molar-refractivity contribution in [1.82, 2.24) is 4.90 Å². The predicted molar refractivity (Wildman–Crippen MR) is 74.7 cm³/mol. The van der Waals surface area contributed by atoms with Gasteiger partial charge in [-0.25, -0.2) is 0 Å². The van der Waals surface area contributed by atoms with Gasteiger partial charge < -0.3 is 9.64 Å². The van der Waals surface area contributed by atoms with E-state index in [1.807, 2.05) is 29.2 Å². The number of likely N-dealkylation sites (tertiary alicyclic amines) is 1. The minimum absolute atomic E-state index is 0.270. The molecule has 98 valence electrons. The first-order valence-electron chi connectivity index (χ1n) is 6.42. The number of rotatable bonds is 4. The molecule has 0 aliphatic carbocycles. The van der Waals surface area contributed by atoms with Crippen LogP contribution in [-0.2, 0) is 4.79 Å².